The molecule has 0 bridgehead atoms. The highest BCUT2D eigenvalue weighted by Crippen LogP contribution is 2.35. The van der Waals surface area contributed by atoms with Crippen LogP contribution in [0.25, 0.3) is 0 Å². The molecule has 4 heteroatoms. The molecule has 0 spiro atoms. The fourth-order valence-corrected chi connectivity index (χ4v) is 2.23. The van der Waals surface area contributed by atoms with Crippen molar-refractivity contribution in [1.29, 1.82) is 0 Å². The SMILES string of the molecule is NC(C1CC1)C(CO)SCCO. The Balaban J connectivity index is 2.22. The first-order chi connectivity index (χ1) is 5.79. The Labute approximate surface area is 77.3 Å². The summed E-state index contributed by atoms with van der Waals surface area (Å²) in [6.45, 7) is 0.293. The highest BCUT2D eigenvalue weighted by molar-refractivity contribution is 8.00. The molecule has 2 atom stereocenters. The van der Waals surface area contributed by atoms with Gasteiger partial charge in [-0.15, -0.1) is 0 Å². The van der Waals surface area contributed by atoms with Crippen LogP contribution in [0.3, 0.4) is 0 Å². The standard InChI is InChI=1S/C8H17NO2S/c9-8(6-1-2-6)7(5-11)12-4-3-10/h6-8,10-11H,1-5,9H2. The van der Waals surface area contributed by atoms with Crippen molar-refractivity contribution in [2.45, 2.75) is 24.1 Å². The van der Waals surface area contributed by atoms with Crippen molar-refractivity contribution in [3.8, 4) is 0 Å². The van der Waals surface area contributed by atoms with Crippen LogP contribution in [0.2, 0.25) is 0 Å². The Morgan fingerprint density at radius 2 is 2.08 bits per heavy atom. The van der Waals surface area contributed by atoms with Gasteiger partial charge in [-0.3, -0.25) is 0 Å². The second-order valence-electron chi connectivity index (χ2n) is 3.23. The van der Waals surface area contributed by atoms with Crippen molar-refractivity contribution in [3.63, 3.8) is 0 Å². The van der Waals surface area contributed by atoms with Gasteiger partial charge in [-0.2, -0.15) is 11.8 Å². The normalized spacial score (nSPS) is 22.2. The minimum atomic E-state index is 0.115. The van der Waals surface area contributed by atoms with Gasteiger partial charge in [-0.05, 0) is 18.8 Å². The van der Waals surface area contributed by atoms with Crippen LogP contribution in [0.15, 0.2) is 0 Å². The van der Waals surface area contributed by atoms with Crippen LogP contribution in [0.4, 0.5) is 0 Å². The van der Waals surface area contributed by atoms with E-state index < -0.39 is 0 Å². The monoisotopic (exact) mass is 191 g/mol. The molecule has 0 amide bonds. The van der Waals surface area contributed by atoms with E-state index >= 15 is 0 Å². The van der Waals surface area contributed by atoms with E-state index in [1.54, 1.807) is 11.8 Å². The van der Waals surface area contributed by atoms with E-state index in [1.807, 2.05) is 0 Å². The number of aliphatic hydroxyl groups excluding tert-OH is 2. The zero-order valence-corrected chi connectivity index (χ0v) is 7.96. The topological polar surface area (TPSA) is 66.5 Å². The molecule has 0 aromatic heterocycles. The van der Waals surface area contributed by atoms with Gasteiger partial charge in [-0.1, -0.05) is 0 Å². The zero-order valence-electron chi connectivity index (χ0n) is 7.15. The third-order valence-electron chi connectivity index (χ3n) is 2.20. The van der Waals surface area contributed by atoms with Crippen LogP contribution in [0.5, 0.6) is 0 Å². The van der Waals surface area contributed by atoms with Crippen LogP contribution in [0.1, 0.15) is 12.8 Å². The Morgan fingerprint density at radius 1 is 1.42 bits per heavy atom. The van der Waals surface area contributed by atoms with E-state index in [1.165, 1.54) is 12.8 Å². The molecule has 0 aromatic carbocycles. The molecule has 0 saturated heterocycles. The maximum atomic E-state index is 9.02. The lowest BCUT2D eigenvalue weighted by molar-refractivity contribution is 0.276. The minimum absolute atomic E-state index is 0.115. The van der Waals surface area contributed by atoms with Gasteiger partial charge in [0.25, 0.3) is 0 Å². The van der Waals surface area contributed by atoms with Gasteiger partial charge in [0.1, 0.15) is 0 Å². The molecule has 72 valence electrons. The molecule has 0 aromatic rings. The van der Waals surface area contributed by atoms with Gasteiger partial charge in [0.15, 0.2) is 0 Å². The van der Waals surface area contributed by atoms with Crippen LogP contribution in [0, 0.1) is 5.92 Å². The molecule has 1 rings (SSSR count). The van der Waals surface area contributed by atoms with Crippen molar-refractivity contribution in [2.75, 3.05) is 19.0 Å². The van der Waals surface area contributed by atoms with E-state index in [0.29, 0.717) is 11.7 Å². The van der Waals surface area contributed by atoms with E-state index in [-0.39, 0.29) is 24.5 Å². The molecule has 3 nitrogen and oxygen atoms in total. The van der Waals surface area contributed by atoms with Gasteiger partial charge >= 0.3 is 0 Å². The number of hydrogen-bond acceptors (Lipinski definition) is 4. The predicted octanol–water partition coefficient (Wildman–Crippen LogP) is -0.190. The smallest absolute Gasteiger partial charge is 0.0565 e. The summed E-state index contributed by atoms with van der Waals surface area (Å²) in [5.74, 6) is 1.29. The number of nitrogens with two attached hydrogens (primary N) is 1. The lowest BCUT2D eigenvalue weighted by Gasteiger charge is -2.20. The van der Waals surface area contributed by atoms with Crippen LogP contribution >= 0.6 is 11.8 Å². The van der Waals surface area contributed by atoms with E-state index in [9.17, 15) is 0 Å². The molecular weight excluding hydrogens is 174 g/mol. The van der Waals surface area contributed by atoms with Crippen molar-refractivity contribution >= 4 is 11.8 Å². The Hall–Kier alpha value is 0.230. The van der Waals surface area contributed by atoms with Crippen molar-refractivity contribution in [2.24, 2.45) is 11.7 Å². The number of hydrogen-bond donors (Lipinski definition) is 3. The van der Waals surface area contributed by atoms with E-state index in [0.717, 1.165) is 0 Å². The predicted molar refractivity (Wildman–Crippen MR) is 51.1 cm³/mol. The highest BCUT2D eigenvalue weighted by atomic mass is 32.2. The van der Waals surface area contributed by atoms with Gasteiger partial charge in [-0.25, -0.2) is 0 Å². The summed E-state index contributed by atoms with van der Waals surface area (Å²) in [5, 5.41) is 17.7. The Morgan fingerprint density at radius 3 is 2.50 bits per heavy atom. The lowest BCUT2D eigenvalue weighted by atomic mass is 10.1. The molecule has 1 aliphatic carbocycles. The summed E-state index contributed by atoms with van der Waals surface area (Å²) < 4.78 is 0. The van der Waals surface area contributed by atoms with Crippen LogP contribution in [-0.4, -0.2) is 40.5 Å². The van der Waals surface area contributed by atoms with E-state index in [4.69, 9.17) is 15.9 Å². The summed E-state index contributed by atoms with van der Waals surface area (Å²) in [4.78, 5) is 0. The van der Waals surface area contributed by atoms with Gasteiger partial charge < -0.3 is 15.9 Å². The third kappa shape index (κ3) is 2.94. The second kappa shape index (κ2) is 5.07. The number of thioether (sulfide) groups is 1. The highest BCUT2D eigenvalue weighted by Gasteiger charge is 2.33. The molecule has 12 heavy (non-hydrogen) atoms. The summed E-state index contributed by atoms with van der Waals surface area (Å²) in [5.41, 5.74) is 5.91. The molecule has 1 aliphatic rings. The van der Waals surface area contributed by atoms with Crippen LogP contribution in [-0.2, 0) is 0 Å². The molecule has 0 radical (unpaired) electrons. The van der Waals surface area contributed by atoms with Crippen molar-refractivity contribution in [1.82, 2.24) is 0 Å². The maximum Gasteiger partial charge on any atom is 0.0565 e. The fourth-order valence-electron chi connectivity index (χ4n) is 1.27. The summed E-state index contributed by atoms with van der Waals surface area (Å²) in [7, 11) is 0. The molecule has 2 unspecified atom stereocenters. The molecule has 1 fully saturated rings. The summed E-state index contributed by atoms with van der Waals surface area (Å²) in [6.07, 6.45) is 2.41. The Bertz CT molecular complexity index is 130. The second-order valence-corrected chi connectivity index (χ2v) is 4.58. The number of aliphatic hydroxyl groups is 2. The van der Waals surface area contributed by atoms with Crippen molar-refractivity contribution < 1.29 is 10.2 Å². The molecule has 0 heterocycles. The molecule has 4 N–H and O–H groups in total. The van der Waals surface area contributed by atoms with Crippen molar-refractivity contribution in [3.05, 3.63) is 0 Å². The maximum absolute atomic E-state index is 9.02. The number of rotatable bonds is 6. The van der Waals surface area contributed by atoms with Gasteiger partial charge in [0.05, 0.1) is 13.2 Å². The summed E-state index contributed by atoms with van der Waals surface area (Å²) in [6, 6.07) is 0.117. The minimum Gasteiger partial charge on any atom is -0.396 e. The fraction of sp³-hybridized carbons (Fsp3) is 1.00. The molecule has 0 aliphatic heterocycles. The third-order valence-corrected chi connectivity index (χ3v) is 3.51. The first kappa shape index (κ1) is 10.3. The molecule has 1 saturated carbocycles. The van der Waals surface area contributed by atoms with Gasteiger partial charge in [0.2, 0.25) is 0 Å². The molecular formula is C8H17NO2S. The van der Waals surface area contributed by atoms with Gasteiger partial charge in [0, 0.05) is 17.0 Å². The average Bonchev–Trinajstić information content (AvgIpc) is 2.88. The summed E-state index contributed by atoms with van der Waals surface area (Å²) >= 11 is 1.57. The Kier molecular flexibility index (Phi) is 4.35. The van der Waals surface area contributed by atoms with E-state index in [2.05, 4.69) is 0 Å². The average molecular weight is 191 g/mol. The lowest BCUT2D eigenvalue weighted by Crippen LogP contribution is -2.37. The first-order valence-electron chi connectivity index (χ1n) is 4.38. The largest absolute Gasteiger partial charge is 0.396 e. The quantitative estimate of drug-likeness (QED) is 0.544. The van der Waals surface area contributed by atoms with Crippen LogP contribution < -0.4 is 5.73 Å². The first-order valence-corrected chi connectivity index (χ1v) is 5.43. The zero-order chi connectivity index (χ0) is 8.97.